The van der Waals surface area contributed by atoms with Gasteiger partial charge in [0.05, 0.1) is 7.11 Å². The molecule has 3 aromatic rings. The summed E-state index contributed by atoms with van der Waals surface area (Å²) < 4.78 is 8.05. The topological polar surface area (TPSA) is 50.3 Å². The fraction of sp³-hybridized carbons (Fsp3) is 0.176. The Morgan fingerprint density at radius 3 is 2.64 bits per heavy atom. The summed E-state index contributed by atoms with van der Waals surface area (Å²) in [6, 6.07) is 10.0. The highest BCUT2D eigenvalue weighted by Crippen LogP contribution is 2.29. The van der Waals surface area contributed by atoms with Gasteiger partial charge in [-0.1, -0.05) is 0 Å². The third-order valence-corrected chi connectivity index (χ3v) is 4.51. The number of rotatable bonds is 2. The molecule has 4 nitrogen and oxygen atoms in total. The lowest BCUT2D eigenvalue weighted by Crippen LogP contribution is -1.91. The number of methoxy groups -OCH3 is 1. The molecular formula is C17H14BrN3O. The second-order valence-electron chi connectivity index (χ2n) is 5.14. The van der Waals surface area contributed by atoms with E-state index >= 15 is 0 Å². The Kier molecular flexibility index (Phi) is 3.63. The molecule has 110 valence electrons. The zero-order valence-electron chi connectivity index (χ0n) is 12.5. The summed E-state index contributed by atoms with van der Waals surface area (Å²) in [6.45, 7) is 3.98. The van der Waals surface area contributed by atoms with Gasteiger partial charge < -0.3 is 4.74 Å². The average Bonchev–Trinajstić information content (AvgIpc) is 2.85. The summed E-state index contributed by atoms with van der Waals surface area (Å²) in [5, 5.41) is 9.55. The van der Waals surface area contributed by atoms with Gasteiger partial charge in [0.1, 0.15) is 23.2 Å². The quantitative estimate of drug-likeness (QED) is 0.689. The van der Waals surface area contributed by atoms with Crippen molar-refractivity contribution in [2.75, 3.05) is 7.11 Å². The van der Waals surface area contributed by atoms with Crippen molar-refractivity contribution >= 4 is 21.6 Å². The standard InChI is InChI=1S/C17H14BrN3O/c1-10-7-16-20-17(14(8-19)21(16)9-13(10)18)12-4-5-15(22-3)11(2)6-12/h4-7,9H,1-3H3. The first kappa shape index (κ1) is 14.6. The zero-order valence-corrected chi connectivity index (χ0v) is 14.1. The van der Waals surface area contributed by atoms with Crippen LogP contribution in [0.1, 0.15) is 16.8 Å². The van der Waals surface area contributed by atoms with Crippen LogP contribution in [0.3, 0.4) is 0 Å². The van der Waals surface area contributed by atoms with E-state index in [4.69, 9.17) is 4.74 Å². The lowest BCUT2D eigenvalue weighted by atomic mass is 10.1. The Bertz CT molecular complexity index is 922. The summed E-state index contributed by atoms with van der Waals surface area (Å²) >= 11 is 3.50. The molecule has 5 heteroatoms. The second-order valence-corrected chi connectivity index (χ2v) is 5.99. The number of hydrogen-bond acceptors (Lipinski definition) is 3. The van der Waals surface area contributed by atoms with Crippen molar-refractivity contribution < 1.29 is 4.74 Å². The molecule has 0 aliphatic carbocycles. The maximum absolute atomic E-state index is 9.55. The number of ether oxygens (including phenoxy) is 1. The molecule has 2 aromatic heterocycles. The number of fused-ring (bicyclic) bond motifs is 1. The van der Waals surface area contributed by atoms with E-state index in [1.807, 2.05) is 48.7 Å². The molecule has 0 spiro atoms. The van der Waals surface area contributed by atoms with E-state index in [1.165, 1.54) is 0 Å². The number of imidazole rings is 1. The third kappa shape index (κ3) is 2.26. The second kappa shape index (κ2) is 5.47. The number of halogens is 1. The van der Waals surface area contributed by atoms with Crippen molar-refractivity contribution in [3.05, 3.63) is 51.8 Å². The first-order valence-corrected chi connectivity index (χ1v) is 7.57. The van der Waals surface area contributed by atoms with Crippen molar-refractivity contribution in [2.45, 2.75) is 13.8 Å². The van der Waals surface area contributed by atoms with E-state index in [0.717, 1.165) is 32.6 Å². The number of nitrogens with zero attached hydrogens (tertiary/aromatic N) is 3. The predicted molar refractivity (Wildman–Crippen MR) is 89.1 cm³/mol. The highest BCUT2D eigenvalue weighted by atomic mass is 79.9. The molecule has 0 saturated heterocycles. The number of hydrogen-bond donors (Lipinski definition) is 0. The van der Waals surface area contributed by atoms with Gasteiger partial charge in [0, 0.05) is 16.2 Å². The monoisotopic (exact) mass is 355 g/mol. The fourth-order valence-corrected chi connectivity index (χ4v) is 2.81. The largest absolute Gasteiger partial charge is 0.496 e. The molecule has 0 aliphatic heterocycles. The van der Waals surface area contributed by atoms with E-state index in [1.54, 1.807) is 7.11 Å². The Balaban J connectivity index is 2.27. The summed E-state index contributed by atoms with van der Waals surface area (Å²) in [4.78, 5) is 4.63. The van der Waals surface area contributed by atoms with Crippen LogP contribution < -0.4 is 4.74 Å². The highest BCUT2D eigenvalue weighted by Gasteiger charge is 2.15. The molecule has 22 heavy (non-hydrogen) atoms. The minimum atomic E-state index is 0.528. The molecule has 0 unspecified atom stereocenters. The van der Waals surface area contributed by atoms with E-state index in [9.17, 15) is 5.26 Å². The van der Waals surface area contributed by atoms with Crippen LogP contribution in [0.4, 0.5) is 0 Å². The van der Waals surface area contributed by atoms with Gasteiger partial charge in [-0.2, -0.15) is 5.26 Å². The van der Waals surface area contributed by atoms with Crippen LogP contribution in [0.2, 0.25) is 0 Å². The molecule has 1 aromatic carbocycles. The van der Waals surface area contributed by atoms with Gasteiger partial charge in [-0.05, 0) is 65.2 Å². The maximum Gasteiger partial charge on any atom is 0.152 e. The number of benzene rings is 1. The molecule has 0 atom stereocenters. The van der Waals surface area contributed by atoms with E-state index < -0.39 is 0 Å². The first-order valence-electron chi connectivity index (χ1n) is 6.78. The molecule has 0 radical (unpaired) electrons. The van der Waals surface area contributed by atoms with Gasteiger partial charge in [0.2, 0.25) is 0 Å². The molecule has 0 saturated carbocycles. The number of aryl methyl sites for hydroxylation is 2. The summed E-state index contributed by atoms with van der Waals surface area (Å²) in [7, 11) is 1.65. The van der Waals surface area contributed by atoms with Gasteiger partial charge in [0.25, 0.3) is 0 Å². The predicted octanol–water partition coefficient (Wildman–Crippen LogP) is 4.26. The Labute approximate surface area is 137 Å². The summed E-state index contributed by atoms with van der Waals surface area (Å²) in [6.07, 6.45) is 1.89. The van der Waals surface area contributed by atoms with Gasteiger partial charge in [0.15, 0.2) is 5.69 Å². The van der Waals surface area contributed by atoms with Crippen LogP contribution in [0, 0.1) is 25.2 Å². The molecule has 0 bridgehead atoms. The van der Waals surface area contributed by atoms with Crippen LogP contribution in [-0.2, 0) is 0 Å². The average molecular weight is 356 g/mol. The lowest BCUT2D eigenvalue weighted by Gasteiger charge is -2.06. The third-order valence-electron chi connectivity index (χ3n) is 3.68. The van der Waals surface area contributed by atoms with Crippen LogP contribution >= 0.6 is 15.9 Å². The molecule has 0 N–H and O–H groups in total. The maximum atomic E-state index is 9.55. The molecule has 0 amide bonds. The van der Waals surface area contributed by atoms with Gasteiger partial charge >= 0.3 is 0 Å². The minimum Gasteiger partial charge on any atom is -0.496 e. The van der Waals surface area contributed by atoms with Gasteiger partial charge in [-0.15, -0.1) is 0 Å². The number of pyridine rings is 1. The summed E-state index contributed by atoms with van der Waals surface area (Å²) in [5.41, 5.74) is 4.98. The van der Waals surface area contributed by atoms with Crippen LogP contribution in [0.25, 0.3) is 16.9 Å². The smallest absolute Gasteiger partial charge is 0.152 e. The molecule has 2 heterocycles. The first-order chi connectivity index (χ1) is 10.5. The van der Waals surface area contributed by atoms with Gasteiger partial charge in [-0.25, -0.2) is 4.98 Å². The SMILES string of the molecule is COc1ccc(-c2nc3cc(C)c(Br)cn3c2C#N)cc1C. The molecule has 3 rings (SSSR count). The van der Waals surface area contributed by atoms with Crippen molar-refractivity contribution in [3.8, 4) is 23.1 Å². The van der Waals surface area contributed by atoms with Crippen molar-refractivity contribution in [1.82, 2.24) is 9.38 Å². The van der Waals surface area contributed by atoms with Gasteiger partial charge in [-0.3, -0.25) is 4.40 Å². The number of nitriles is 1. The highest BCUT2D eigenvalue weighted by molar-refractivity contribution is 9.10. The van der Waals surface area contributed by atoms with Crippen LogP contribution in [0.5, 0.6) is 5.75 Å². The fourth-order valence-electron chi connectivity index (χ4n) is 2.49. The van der Waals surface area contributed by atoms with Crippen molar-refractivity contribution in [3.63, 3.8) is 0 Å². The molecular weight excluding hydrogens is 342 g/mol. The normalized spacial score (nSPS) is 10.7. The van der Waals surface area contributed by atoms with E-state index in [2.05, 4.69) is 27.0 Å². The zero-order chi connectivity index (χ0) is 15.9. The van der Waals surface area contributed by atoms with Crippen LogP contribution in [-0.4, -0.2) is 16.5 Å². The van der Waals surface area contributed by atoms with Crippen molar-refractivity contribution in [1.29, 1.82) is 5.26 Å². The Morgan fingerprint density at radius 1 is 1.23 bits per heavy atom. The molecule has 0 aliphatic rings. The Hall–Kier alpha value is -2.32. The van der Waals surface area contributed by atoms with Crippen molar-refractivity contribution in [2.24, 2.45) is 0 Å². The Morgan fingerprint density at radius 2 is 2.00 bits per heavy atom. The lowest BCUT2D eigenvalue weighted by molar-refractivity contribution is 0.412. The minimum absolute atomic E-state index is 0.528. The van der Waals surface area contributed by atoms with E-state index in [-0.39, 0.29) is 0 Å². The summed E-state index contributed by atoms with van der Waals surface area (Å²) in [5.74, 6) is 0.824. The number of aromatic nitrogens is 2. The van der Waals surface area contributed by atoms with E-state index in [0.29, 0.717) is 11.4 Å². The van der Waals surface area contributed by atoms with Crippen LogP contribution in [0.15, 0.2) is 34.9 Å². The molecule has 0 fully saturated rings.